The lowest BCUT2D eigenvalue weighted by molar-refractivity contribution is -0.118. The van der Waals surface area contributed by atoms with Crippen LogP contribution in [-0.2, 0) is 4.79 Å². The number of nitrogens with one attached hydrogen (secondary N) is 2. The Labute approximate surface area is 178 Å². The Bertz CT molecular complexity index is 1140. The molecular weight excluding hydrogens is 398 g/mol. The molecule has 0 unspecified atom stereocenters. The van der Waals surface area contributed by atoms with E-state index in [1.165, 1.54) is 0 Å². The molecule has 3 aromatic rings. The summed E-state index contributed by atoms with van der Waals surface area (Å²) < 4.78 is 1.84. The van der Waals surface area contributed by atoms with Gasteiger partial charge in [0.05, 0.1) is 18.4 Å². The average molecular weight is 421 g/mol. The van der Waals surface area contributed by atoms with Gasteiger partial charge in [0.1, 0.15) is 17.2 Å². The van der Waals surface area contributed by atoms with Crippen molar-refractivity contribution in [3.8, 4) is 0 Å². The number of fused-ring (bicyclic) bond motifs is 1. The van der Waals surface area contributed by atoms with Crippen molar-refractivity contribution < 1.29 is 14.7 Å². The van der Waals surface area contributed by atoms with Crippen molar-refractivity contribution in [2.45, 2.75) is 31.7 Å². The van der Waals surface area contributed by atoms with Crippen molar-refractivity contribution >= 4 is 40.4 Å². The van der Waals surface area contributed by atoms with E-state index >= 15 is 0 Å². The quantitative estimate of drug-likeness (QED) is 0.573. The Morgan fingerprint density at radius 1 is 1.19 bits per heavy atom. The van der Waals surface area contributed by atoms with Crippen LogP contribution in [0.3, 0.4) is 0 Å². The summed E-state index contributed by atoms with van der Waals surface area (Å²) in [6.45, 7) is 1.68. The zero-order chi connectivity index (χ0) is 21.4. The Kier molecular flexibility index (Phi) is 4.99. The molecule has 1 saturated heterocycles. The minimum Gasteiger partial charge on any atom is -0.477 e. The highest BCUT2D eigenvalue weighted by atomic mass is 16.4. The molecule has 160 valence electrons. The van der Waals surface area contributed by atoms with E-state index < -0.39 is 5.97 Å². The smallest absolute Gasteiger partial charge is 0.352 e. The number of carbonyl (C=O) groups excluding carboxylic acids is 1. The number of piperazine rings is 1. The number of carboxylic acids is 1. The topological polar surface area (TPSA) is 125 Å². The van der Waals surface area contributed by atoms with Crippen LogP contribution in [-0.4, -0.2) is 56.1 Å². The summed E-state index contributed by atoms with van der Waals surface area (Å²) in [5, 5.41) is 16.5. The summed E-state index contributed by atoms with van der Waals surface area (Å²) in [5.74, 6) is -0.0491. The first-order valence-corrected chi connectivity index (χ1v) is 10.5. The van der Waals surface area contributed by atoms with E-state index in [4.69, 9.17) is 0 Å². The SMILES string of the molecule is O=C(O)c1cc2cnc(Nc3ccc(N4CCNCC4=O)cn3)nc2n1C1CCCC1. The van der Waals surface area contributed by atoms with Crippen LogP contribution in [0.2, 0.25) is 0 Å². The van der Waals surface area contributed by atoms with Crippen LogP contribution in [0.4, 0.5) is 17.5 Å². The molecule has 0 bridgehead atoms. The molecule has 10 nitrogen and oxygen atoms in total. The van der Waals surface area contributed by atoms with Gasteiger partial charge in [-0.1, -0.05) is 12.8 Å². The lowest BCUT2D eigenvalue weighted by Crippen LogP contribution is -2.48. The summed E-state index contributed by atoms with van der Waals surface area (Å²) in [7, 11) is 0. The van der Waals surface area contributed by atoms with Gasteiger partial charge in [0.25, 0.3) is 0 Å². The highest BCUT2D eigenvalue weighted by Crippen LogP contribution is 2.34. The highest BCUT2D eigenvalue weighted by molar-refractivity contribution is 5.95. The van der Waals surface area contributed by atoms with Gasteiger partial charge in [-0.15, -0.1) is 0 Å². The molecule has 3 aromatic heterocycles. The van der Waals surface area contributed by atoms with Gasteiger partial charge in [0, 0.05) is 30.7 Å². The maximum absolute atomic E-state index is 12.0. The second-order valence-electron chi connectivity index (χ2n) is 7.86. The lowest BCUT2D eigenvalue weighted by Gasteiger charge is -2.27. The second kappa shape index (κ2) is 7.95. The molecule has 1 aliphatic heterocycles. The number of rotatable bonds is 5. The van der Waals surface area contributed by atoms with Gasteiger partial charge in [-0.2, -0.15) is 4.98 Å². The van der Waals surface area contributed by atoms with Crippen molar-refractivity contribution in [3.63, 3.8) is 0 Å². The Morgan fingerprint density at radius 2 is 2.03 bits per heavy atom. The second-order valence-corrected chi connectivity index (χ2v) is 7.86. The van der Waals surface area contributed by atoms with Crippen LogP contribution in [0.1, 0.15) is 42.2 Å². The summed E-state index contributed by atoms with van der Waals surface area (Å²) in [6, 6.07) is 5.38. The number of aromatic nitrogens is 4. The molecule has 5 rings (SSSR count). The molecule has 1 amide bonds. The van der Waals surface area contributed by atoms with E-state index in [-0.39, 0.29) is 17.6 Å². The van der Waals surface area contributed by atoms with Crippen LogP contribution in [0.25, 0.3) is 11.0 Å². The van der Waals surface area contributed by atoms with Crippen molar-refractivity contribution in [2.24, 2.45) is 0 Å². The molecule has 10 heteroatoms. The molecular formula is C21H23N7O3. The summed E-state index contributed by atoms with van der Waals surface area (Å²) in [4.78, 5) is 38.9. The fourth-order valence-electron chi connectivity index (χ4n) is 4.38. The van der Waals surface area contributed by atoms with Crippen LogP contribution in [0.15, 0.2) is 30.6 Å². The normalized spacial score (nSPS) is 17.4. The van der Waals surface area contributed by atoms with E-state index in [0.29, 0.717) is 35.9 Å². The number of hydrogen-bond acceptors (Lipinski definition) is 7. The molecule has 0 radical (unpaired) electrons. The van der Waals surface area contributed by atoms with Gasteiger partial charge >= 0.3 is 5.97 Å². The number of aromatic carboxylic acids is 1. The number of amides is 1. The zero-order valence-electron chi connectivity index (χ0n) is 16.9. The van der Waals surface area contributed by atoms with Crippen LogP contribution in [0, 0.1) is 0 Å². The maximum Gasteiger partial charge on any atom is 0.352 e. The van der Waals surface area contributed by atoms with Crippen molar-refractivity contribution in [1.29, 1.82) is 0 Å². The zero-order valence-corrected chi connectivity index (χ0v) is 16.9. The molecule has 2 aliphatic rings. The standard InChI is InChI=1S/C21H23N7O3/c29-18-12-22-7-8-27(18)15-5-6-17(23-11-15)25-21-24-10-13-9-16(20(30)31)28(19(13)26-21)14-3-1-2-4-14/h5-6,9-11,14,22H,1-4,7-8,12H2,(H,30,31)(H,23,24,25,26). The van der Waals surface area contributed by atoms with E-state index in [2.05, 4.69) is 25.6 Å². The molecule has 2 fully saturated rings. The van der Waals surface area contributed by atoms with Crippen molar-refractivity contribution in [3.05, 3.63) is 36.3 Å². The van der Waals surface area contributed by atoms with Crippen LogP contribution < -0.4 is 15.5 Å². The first-order chi connectivity index (χ1) is 15.1. The number of carbonyl (C=O) groups is 2. The first kappa shape index (κ1) is 19.4. The number of carboxylic acid groups (broad SMARTS) is 1. The maximum atomic E-state index is 12.0. The predicted molar refractivity (Wildman–Crippen MR) is 115 cm³/mol. The summed E-state index contributed by atoms with van der Waals surface area (Å²) >= 11 is 0. The third-order valence-corrected chi connectivity index (χ3v) is 5.87. The molecule has 4 heterocycles. The minimum absolute atomic E-state index is 0.0180. The summed E-state index contributed by atoms with van der Waals surface area (Å²) in [5.41, 5.74) is 1.61. The minimum atomic E-state index is -0.959. The first-order valence-electron chi connectivity index (χ1n) is 10.5. The molecule has 3 N–H and O–H groups in total. The van der Waals surface area contributed by atoms with E-state index in [1.54, 1.807) is 29.4 Å². The molecule has 31 heavy (non-hydrogen) atoms. The van der Waals surface area contributed by atoms with Gasteiger partial charge in [-0.3, -0.25) is 4.79 Å². The van der Waals surface area contributed by atoms with Gasteiger partial charge in [0.2, 0.25) is 11.9 Å². The van der Waals surface area contributed by atoms with Gasteiger partial charge in [-0.25, -0.2) is 14.8 Å². The van der Waals surface area contributed by atoms with Crippen molar-refractivity contribution in [2.75, 3.05) is 29.9 Å². The summed E-state index contributed by atoms with van der Waals surface area (Å²) in [6.07, 6.45) is 7.36. The van der Waals surface area contributed by atoms with Crippen molar-refractivity contribution in [1.82, 2.24) is 24.8 Å². The third kappa shape index (κ3) is 3.70. The lowest BCUT2D eigenvalue weighted by atomic mass is 10.2. The van der Waals surface area contributed by atoms with E-state index in [9.17, 15) is 14.7 Å². The molecule has 0 spiro atoms. The third-order valence-electron chi connectivity index (χ3n) is 5.87. The Hall–Kier alpha value is -3.53. The predicted octanol–water partition coefficient (Wildman–Crippen LogP) is 2.32. The molecule has 1 saturated carbocycles. The van der Waals surface area contributed by atoms with E-state index in [0.717, 1.165) is 37.9 Å². The Balaban J connectivity index is 1.42. The number of pyridine rings is 1. The number of hydrogen-bond donors (Lipinski definition) is 3. The fraction of sp³-hybridized carbons (Fsp3) is 0.381. The van der Waals surface area contributed by atoms with Crippen LogP contribution >= 0.6 is 0 Å². The van der Waals surface area contributed by atoms with E-state index in [1.807, 2.05) is 10.6 Å². The average Bonchev–Trinajstić information content (AvgIpc) is 3.42. The van der Waals surface area contributed by atoms with Gasteiger partial charge in [0.15, 0.2) is 0 Å². The van der Waals surface area contributed by atoms with Gasteiger partial charge in [-0.05, 0) is 31.0 Å². The fourth-order valence-corrected chi connectivity index (χ4v) is 4.38. The molecule has 0 atom stereocenters. The monoisotopic (exact) mass is 421 g/mol. The molecule has 0 aromatic carbocycles. The highest BCUT2D eigenvalue weighted by Gasteiger charge is 2.25. The molecule has 1 aliphatic carbocycles. The number of nitrogens with zero attached hydrogens (tertiary/aromatic N) is 5. The Morgan fingerprint density at radius 3 is 2.74 bits per heavy atom. The van der Waals surface area contributed by atoms with Crippen LogP contribution in [0.5, 0.6) is 0 Å². The number of anilines is 3. The van der Waals surface area contributed by atoms with Gasteiger partial charge < -0.3 is 25.2 Å². The largest absolute Gasteiger partial charge is 0.477 e.